The Balaban J connectivity index is 2.74. The molecule has 1 aliphatic heterocycles. The summed E-state index contributed by atoms with van der Waals surface area (Å²) in [6.45, 7) is 2.31. The van der Waals surface area contributed by atoms with Gasteiger partial charge in [-0.1, -0.05) is 0 Å². The number of ether oxygens (including phenoxy) is 3. The minimum atomic E-state index is -0.823. The molecule has 0 aromatic heterocycles. The monoisotopic (exact) mass is 306 g/mol. The molecule has 0 spiro atoms. The second-order valence-electron chi connectivity index (χ2n) is 3.33. The molecule has 94 valence electrons. The largest absolute Gasteiger partial charge is 0.462 e. The van der Waals surface area contributed by atoms with Crippen LogP contribution in [-0.2, 0) is 28.6 Å². The number of esters is 3. The summed E-state index contributed by atoms with van der Waals surface area (Å²) in [5.74, 6) is -1.61. The lowest BCUT2D eigenvalue weighted by Gasteiger charge is -2.27. The van der Waals surface area contributed by atoms with E-state index in [9.17, 15) is 14.4 Å². The summed E-state index contributed by atoms with van der Waals surface area (Å²) in [6.07, 6.45) is -0.183. The number of rotatable bonds is 3. The van der Waals surface area contributed by atoms with Gasteiger partial charge in [-0.05, 0) is 22.0 Å². The van der Waals surface area contributed by atoms with Gasteiger partial charge in [0.25, 0.3) is 0 Å². The first kappa shape index (κ1) is 13.7. The van der Waals surface area contributed by atoms with Crippen molar-refractivity contribution in [2.75, 3.05) is 6.61 Å². The van der Waals surface area contributed by atoms with Crippen molar-refractivity contribution in [3.63, 3.8) is 0 Å². The van der Waals surface area contributed by atoms with Crippen molar-refractivity contribution in [1.82, 2.24) is 0 Å². The molecular formula is C10H11BrO6. The van der Waals surface area contributed by atoms with Crippen LogP contribution >= 0.6 is 15.9 Å². The fourth-order valence-electron chi connectivity index (χ4n) is 1.21. The van der Waals surface area contributed by atoms with E-state index in [0.29, 0.717) is 0 Å². The van der Waals surface area contributed by atoms with Crippen LogP contribution in [0.15, 0.2) is 10.6 Å². The standard InChI is InChI=1S/C10H11BrO6/c1-5(12)15-4-9-8(16-6(2)13)3-7(11)10(14)17-9/h3,8-9H,4H2,1-2H3/t8-,9?/m1/s1. The Bertz CT molecular complexity index is 375. The second-order valence-corrected chi connectivity index (χ2v) is 4.19. The minimum Gasteiger partial charge on any atom is -0.462 e. The maximum atomic E-state index is 11.3. The third kappa shape index (κ3) is 4.18. The number of carbonyl (C=O) groups is 3. The van der Waals surface area contributed by atoms with Gasteiger partial charge < -0.3 is 14.2 Å². The third-order valence-electron chi connectivity index (χ3n) is 1.88. The zero-order chi connectivity index (χ0) is 13.0. The van der Waals surface area contributed by atoms with Crippen molar-refractivity contribution in [2.24, 2.45) is 0 Å². The first-order valence-electron chi connectivity index (χ1n) is 4.79. The molecule has 0 saturated carbocycles. The van der Waals surface area contributed by atoms with Gasteiger partial charge in [0, 0.05) is 13.8 Å². The fourth-order valence-corrected chi connectivity index (χ4v) is 1.56. The van der Waals surface area contributed by atoms with Crippen LogP contribution in [0.25, 0.3) is 0 Å². The van der Waals surface area contributed by atoms with Gasteiger partial charge in [-0.3, -0.25) is 9.59 Å². The van der Waals surface area contributed by atoms with Crippen LogP contribution in [0.2, 0.25) is 0 Å². The van der Waals surface area contributed by atoms with E-state index in [-0.39, 0.29) is 11.1 Å². The quantitative estimate of drug-likeness (QED) is 0.564. The molecule has 0 bridgehead atoms. The fraction of sp³-hybridized carbons (Fsp3) is 0.500. The van der Waals surface area contributed by atoms with E-state index < -0.39 is 30.1 Å². The Morgan fingerprint density at radius 2 is 2.06 bits per heavy atom. The molecule has 0 fully saturated rings. The number of halogens is 1. The Labute approximate surface area is 106 Å². The van der Waals surface area contributed by atoms with Crippen LogP contribution < -0.4 is 0 Å². The molecule has 0 amide bonds. The summed E-state index contributed by atoms with van der Waals surface area (Å²) in [5, 5.41) is 0. The molecule has 1 aliphatic rings. The Morgan fingerprint density at radius 1 is 1.41 bits per heavy atom. The molecule has 0 aliphatic carbocycles. The van der Waals surface area contributed by atoms with Gasteiger partial charge in [-0.25, -0.2) is 4.79 Å². The summed E-state index contributed by atoms with van der Waals surface area (Å²) in [4.78, 5) is 32.8. The average molecular weight is 307 g/mol. The van der Waals surface area contributed by atoms with E-state index in [2.05, 4.69) is 15.9 Å². The first-order valence-corrected chi connectivity index (χ1v) is 5.58. The molecule has 0 aromatic carbocycles. The highest BCUT2D eigenvalue weighted by Crippen LogP contribution is 2.21. The Kier molecular flexibility index (Phi) is 4.68. The smallest absolute Gasteiger partial charge is 0.345 e. The maximum Gasteiger partial charge on any atom is 0.345 e. The molecule has 1 unspecified atom stereocenters. The lowest BCUT2D eigenvalue weighted by Crippen LogP contribution is -2.40. The summed E-state index contributed by atoms with van der Waals surface area (Å²) in [6, 6.07) is 0. The molecule has 0 radical (unpaired) electrons. The third-order valence-corrected chi connectivity index (χ3v) is 2.47. The topological polar surface area (TPSA) is 78.9 Å². The highest BCUT2D eigenvalue weighted by atomic mass is 79.9. The zero-order valence-electron chi connectivity index (χ0n) is 9.27. The SMILES string of the molecule is CC(=O)OCC1OC(=O)C(Br)=C[C@H]1OC(C)=O. The number of carbonyl (C=O) groups excluding carboxylic acids is 3. The van der Waals surface area contributed by atoms with Crippen LogP contribution in [-0.4, -0.2) is 36.7 Å². The van der Waals surface area contributed by atoms with E-state index in [1.54, 1.807) is 0 Å². The van der Waals surface area contributed by atoms with Crippen molar-refractivity contribution in [3.05, 3.63) is 10.6 Å². The second kappa shape index (κ2) is 5.81. The number of hydrogen-bond acceptors (Lipinski definition) is 6. The predicted molar refractivity (Wildman–Crippen MR) is 59.1 cm³/mol. The van der Waals surface area contributed by atoms with E-state index in [4.69, 9.17) is 14.2 Å². The van der Waals surface area contributed by atoms with E-state index in [1.807, 2.05) is 0 Å². The van der Waals surface area contributed by atoms with Crippen molar-refractivity contribution in [3.8, 4) is 0 Å². The van der Waals surface area contributed by atoms with Gasteiger partial charge in [-0.2, -0.15) is 0 Å². The summed E-state index contributed by atoms with van der Waals surface area (Å²) < 4.78 is 14.8. The average Bonchev–Trinajstić information content (AvgIpc) is 2.20. The van der Waals surface area contributed by atoms with Crippen LogP contribution in [0, 0.1) is 0 Å². The van der Waals surface area contributed by atoms with Gasteiger partial charge in [0.05, 0.1) is 0 Å². The summed E-state index contributed by atoms with van der Waals surface area (Å²) in [5.41, 5.74) is 0. The minimum absolute atomic E-state index is 0.157. The number of hydrogen-bond donors (Lipinski definition) is 0. The molecule has 2 atom stereocenters. The van der Waals surface area contributed by atoms with Gasteiger partial charge in [0.15, 0.2) is 12.2 Å². The zero-order valence-corrected chi connectivity index (χ0v) is 10.9. The molecule has 6 nitrogen and oxygen atoms in total. The van der Waals surface area contributed by atoms with E-state index in [1.165, 1.54) is 19.9 Å². The molecule has 0 aromatic rings. The first-order chi connectivity index (χ1) is 7.90. The molecule has 0 saturated heterocycles. The highest BCUT2D eigenvalue weighted by Gasteiger charge is 2.33. The van der Waals surface area contributed by atoms with E-state index in [0.717, 1.165) is 0 Å². The predicted octanol–water partition coefficient (Wildman–Crippen LogP) is 0.685. The summed E-state index contributed by atoms with van der Waals surface area (Å²) in [7, 11) is 0. The van der Waals surface area contributed by atoms with Gasteiger partial charge in [-0.15, -0.1) is 0 Å². The van der Waals surface area contributed by atoms with Crippen molar-refractivity contribution in [1.29, 1.82) is 0 Å². The Morgan fingerprint density at radius 3 is 2.59 bits per heavy atom. The maximum absolute atomic E-state index is 11.3. The van der Waals surface area contributed by atoms with Crippen LogP contribution in [0.5, 0.6) is 0 Å². The molecule has 17 heavy (non-hydrogen) atoms. The van der Waals surface area contributed by atoms with Crippen LogP contribution in [0.4, 0.5) is 0 Å². The molecule has 1 heterocycles. The Hall–Kier alpha value is -1.37. The van der Waals surface area contributed by atoms with Crippen molar-refractivity contribution in [2.45, 2.75) is 26.1 Å². The van der Waals surface area contributed by atoms with Gasteiger partial charge >= 0.3 is 17.9 Å². The van der Waals surface area contributed by atoms with E-state index >= 15 is 0 Å². The normalized spacial score (nSPS) is 23.5. The van der Waals surface area contributed by atoms with Crippen molar-refractivity contribution >= 4 is 33.8 Å². The highest BCUT2D eigenvalue weighted by molar-refractivity contribution is 9.12. The van der Waals surface area contributed by atoms with Gasteiger partial charge in [0.1, 0.15) is 11.1 Å². The molecular weight excluding hydrogens is 296 g/mol. The molecule has 7 heteroatoms. The van der Waals surface area contributed by atoms with Crippen LogP contribution in [0.3, 0.4) is 0 Å². The molecule has 1 rings (SSSR count). The van der Waals surface area contributed by atoms with Crippen LogP contribution in [0.1, 0.15) is 13.8 Å². The molecule has 0 N–H and O–H groups in total. The summed E-state index contributed by atoms with van der Waals surface area (Å²) >= 11 is 2.98. The lowest BCUT2D eigenvalue weighted by atomic mass is 10.1. The lowest BCUT2D eigenvalue weighted by molar-refractivity contribution is -0.169. The van der Waals surface area contributed by atoms with Crippen molar-refractivity contribution < 1.29 is 28.6 Å². The van der Waals surface area contributed by atoms with Gasteiger partial charge in [0.2, 0.25) is 0 Å². The number of cyclic esters (lactones) is 1.